The predicted molar refractivity (Wildman–Crippen MR) is 131 cm³/mol. The molecule has 0 atom stereocenters. The number of nitrogens with one attached hydrogen (secondary N) is 2. The Bertz CT molecular complexity index is 989. The standard InChI is InChI=1S/C26H35N5O2/c32-25(22-18-19-8-4-5-11-23(19)29-24(22)30-14-6-7-15-30)27-21-12-16-31(17-13-21)26(33)28-20-9-2-1-3-10-20/h4-5,8,11,18,20-21H,1-3,6-7,9-10,12-17H2,(H,27,32)(H,28,33). The average molecular weight is 450 g/mol. The number of piperidine rings is 1. The number of hydrogen-bond donors (Lipinski definition) is 2. The summed E-state index contributed by atoms with van der Waals surface area (Å²) in [5, 5.41) is 7.44. The van der Waals surface area contributed by atoms with Crippen LogP contribution in [0.4, 0.5) is 10.6 Å². The van der Waals surface area contributed by atoms with Gasteiger partial charge in [-0.25, -0.2) is 9.78 Å². The van der Waals surface area contributed by atoms with Gasteiger partial charge >= 0.3 is 6.03 Å². The quantitative estimate of drug-likeness (QED) is 0.738. The van der Waals surface area contributed by atoms with E-state index in [4.69, 9.17) is 4.98 Å². The summed E-state index contributed by atoms with van der Waals surface area (Å²) >= 11 is 0. The number of aromatic nitrogens is 1. The smallest absolute Gasteiger partial charge is 0.317 e. The van der Waals surface area contributed by atoms with Gasteiger partial charge in [0.1, 0.15) is 5.82 Å². The van der Waals surface area contributed by atoms with E-state index in [1.165, 1.54) is 19.3 Å². The van der Waals surface area contributed by atoms with Crippen LogP contribution in [-0.2, 0) is 0 Å². The lowest BCUT2D eigenvalue weighted by molar-refractivity contribution is 0.0917. The van der Waals surface area contributed by atoms with Gasteiger partial charge in [0.2, 0.25) is 0 Å². The van der Waals surface area contributed by atoms with Crippen LogP contribution in [-0.4, -0.2) is 60.1 Å². The fourth-order valence-electron chi connectivity index (χ4n) is 5.45. The minimum absolute atomic E-state index is 0.0553. The molecule has 2 saturated heterocycles. The Morgan fingerprint density at radius 3 is 2.27 bits per heavy atom. The largest absolute Gasteiger partial charge is 0.356 e. The number of nitrogens with zero attached hydrogens (tertiary/aromatic N) is 3. The van der Waals surface area contributed by atoms with E-state index in [1.54, 1.807) is 0 Å². The first-order valence-corrected chi connectivity index (χ1v) is 12.7. The molecule has 1 saturated carbocycles. The van der Waals surface area contributed by atoms with Crippen LogP contribution in [0.5, 0.6) is 0 Å². The van der Waals surface area contributed by atoms with Crippen LogP contribution < -0.4 is 15.5 Å². The van der Waals surface area contributed by atoms with Gasteiger partial charge in [-0.05, 0) is 50.7 Å². The van der Waals surface area contributed by atoms with Crippen LogP contribution >= 0.6 is 0 Å². The van der Waals surface area contributed by atoms with Gasteiger partial charge in [-0.2, -0.15) is 0 Å². The number of rotatable bonds is 4. The average Bonchev–Trinajstić information content (AvgIpc) is 3.39. The molecule has 2 aromatic rings. The highest BCUT2D eigenvalue weighted by Gasteiger charge is 2.28. The molecule has 0 radical (unpaired) electrons. The van der Waals surface area contributed by atoms with Crippen LogP contribution in [0.25, 0.3) is 10.9 Å². The summed E-state index contributed by atoms with van der Waals surface area (Å²) in [4.78, 5) is 35.0. The Morgan fingerprint density at radius 2 is 1.52 bits per heavy atom. The maximum Gasteiger partial charge on any atom is 0.317 e. The molecular formula is C26H35N5O2. The molecule has 0 spiro atoms. The van der Waals surface area contributed by atoms with Gasteiger partial charge in [-0.15, -0.1) is 0 Å². The topological polar surface area (TPSA) is 77.6 Å². The van der Waals surface area contributed by atoms with Crippen LogP contribution in [0.3, 0.4) is 0 Å². The molecule has 1 aliphatic carbocycles. The Hall–Kier alpha value is -2.83. The molecule has 33 heavy (non-hydrogen) atoms. The molecular weight excluding hydrogens is 414 g/mol. The predicted octanol–water partition coefficient (Wildman–Crippen LogP) is 4.07. The molecule has 7 nitrogen and oxygen atoms in total. The van der Waals surface area contributed by atoms with Crippen molar-refractivity contribution in [2.24, 2.45) is 0 Å². The van der Waals surface area contributed by atoms with Gasteiger partial charge < -0.3 is 20.4 Å². The fraction of sp³-hybridized carbons (Fsp3) is 0.577. The monoisotopic (exact) mass is 449 g/mol. The number of carbonyl (C=O) groups is 2. The molecule has 3 amide bonds. The first kappa shape index (κ1) is 22.0. The normalized spacial score (nSPS) is 20.2. The van der Waals surface area contributed by atoms with Crippen molar-refractivity contribution in [1.29, 1.82) is 0 Å². The molecule has 1 aromatic carbocycles. The summed E-state index contributed by atoms with van der Waals surface area (Å²) in [6.07, 6.45) is 9.73. The van der Waals surface area contributed by atoms with Crippen LogP contribution in [0, 0.1) is 0 Å². The van der Waals surface area contributed by atoms with E-state index in [0.717, 1.165) is 68.3 Å². The number of benzene rings is 1. The maximum atomic E-state index is 13.3. The number of fused-ring (bicyclic) bond motifs is 1. The van der Waals surface area contributed by atoms with E-state index in [1.807, 2.05) is 35.2 Å². The van der Waals surface area contributed by atoms with Crippen molar-refractivity contribution >= 4 is 28.7 Å². The molecule has 176 valence electrons. The maximum absolute atomic E-state index is 13.3. The summed E-state index contributed by atoms with van der Waals surface area (Å²) in [7, 11) is 0. The van der Waals surface area contributed by atoms with Gasteiger partial charge in [-0.3, -0.25) is 4.79 Å². The van der Waals surface area contributed by atoms with Crippen molar-refractivity contribution in [3.05, 3.63) is 35.9 Å². The van der Waals surface area contributed by atoms with Crippen LogP contribution in [0.15, 0.2) is 30.3 Å². The van der Waals surface area contributed by atoms with E-state index in [0.29, 0.717) is 24.7 Å². The summed E-state index contributed by atoms with van der Waals surface area (Å²) in [6.45, 7) is 3.25. The SMILES string of the molecule is O=C(NC1CCN(C(=O)NC2CCCCC2)CC1)c1cc2ccccc2nc1N1CCCC1. The number of carbonyl (C=O) groups excluding carboxylic acids is 2. The van der Waals surface area contributed by atoms with Crippen molar-refractivity contribution in [3.63, 3.8) is 0 Å². The van der Waals surface area contributed by atoms with Gasteiger partial charge in [0.05, 0.1) is 11.1 Å². The second-order valence-corrected chi connectivity index (χ2v) is 9.77. The van der Waals surface area contributed by atoms with E-state index < -0.39 is 0 Å². The minimum atomic E-state index is -0.0553. The number of anilines is 1. The zero-order chi connectivity index (χ0) is 22.6. The molecule has 5 rings (SSSR count). The lowest BCUT2D eigenvalue weighted by Crippen LogP contribution is -2.51. The van der Waals surface area contributed by atoms with Crippen molar-refractivity contribution in [2.45, 2.75) is 69.9 Å². The zero-order valence-electron chi connectivity index (χ0n) is 19.4. The molecule has 2 aliphatic heterocycles. The molecule has 0 unspecified atom stereocenters. The van der Waals surface area contributed by atoms with E-state index >= 15 is 0 Å². The molecule has 3 aliphatic rings. The first-order chi connectivity index (χ1) is 16.2. The Balaban J connectivity index is 1.22. The van der Waals surface area contributed by atoms with Crippen molar-refractivity contribution in [3.8, 4) is 0 Å². The summed E-state index contributed by atoms with van der Waals surface area (Å²) in [5.41, 5.74) is 1.58. The van der Waals surface area contributed by atoms with Crippen LogP contribution in [0.1, 0.15) is 68.1 Å². The Labute approximate surface area is 195 Å². The van der Waals surface area contributed by atoms with Gasteiger partial charge in [0, 0.05) is 43.6 Å². The van der Waals surface area contributed by atoms with E-state index in [-0.39, 0.29) is 18.0 Å². The number of amides is 3. The summed E-state index contributed by atoms with van der Waals surface area (Å²) < 4.78 is 0. The number of likely N-dealkylation sites (tertiary alicyclic amines) is 1. The zero-order valence-corrected chi connectivity index (χ0v) is 19.4. The summed E-state index contributed by atoms with van der Waals surface area (Å²) in [6, 6.07) is 10.4. The lowest BCUT2D eigenvalue weighted by atomic mass is 9.95. The fourth-order valence-corrected chi connectivity index (χ4v) is 5.45. The number of urea groups is 1. The number of para-hydroxylation sites is 1. The molecule has 7 heteroatoms. The van der Waals surface area contributed by atoms with Gasteiger partial charge in [0.15, 0.2) is 0 Å². The second-order valence-electron chi connectivity index (χ2n) is 9.77. The number of pyridine rings is 1. The Kier molecular flexibility index (Phi) is 6.65. The highest BCUT2D eigenvalue weighted by molar-refractivity contribution is 6.02. The van der Waals surface area contributed by atoms with Crippen molar-refractivity contribution in [1.82, 2.24) is 20.5 Å². The first-order valence-electron chi connectivity index (χ1n) is 12.7. The molecule has 3 fully saturated rings. The van der Waals surface area contributed by atoms with E-state index in [2.05, 4.69) is 15.5 Å². The minimum Gasteiger partial charge on any atom is -0.356 e. The highest BCUT2D eigenvalue weighted by atomic mass is 16.2. The van der Waals surface area contributed by atoms with Crippen molar-refractivity contribution in [2.75, 3.05) is 31.1 Å². The molecule has 1 aromatic heterocycles. The molecule has 3 heterocycles. The molecule has 2 N–H and O–H groups in total. The van der Waals surface area contributed by atoms with Gasteiger partial charge in [-0.1, -0.05) is 37.5 Å². The Morgan fingerprint density at radius 1 is 0.818 bits per heavy atom. The molecule has 0 bridgehead atoms. The van der Waals surface area contributed by atoms with Crippen molar-refractivity contribution < 1.29 is 9.59 Å². The lowest BCUT2D eigenvalue weighted by Gasteiger charge is -2.34. The van der Waals surface area contributed by atoms with Crippen LogP contribution in [0.2, 0.25) is 0 Å². The van der Waals surface area contributed by atoms with E-state index in [9.17, 15) is 9.59 Å². The third-order valence-electron chi connectivity index (χ3n) is 7.40. The number of hydrogen-bond acceptors (Lipinski definition) is 4. The third-order valence-corrected chi connectivity index (χ3v) is 7.40. The summed E-state index contributed by atoms with van der Waals surface area (Å²) in [5.74, 6) is 0.744. The second kappa shape index (κ2) is 9.98. The van der Waals surface area contributed by atoms with Gasteiger partial charge in [0.25, 0.3) is 5.91 Å². The third kappa shape index (κ3) is 5.07. The highest BCUT2D eigenvalue weighted by Crippen LogP contribution is 2.27.